The summed E-state index contributed by atoms with van der Waals surface area (Å²) in [6.07, 6.45) is 5.39. The van der Waals surface area contributed by atoms with Crippen LogP contribution in [-0.2, 0) is 6.54 Å². The Kier molecular flexibility index (Phi) is 4.98. The van der Waals surface area contributed by atoms with Gasteiger partial charge in [0.15, 0.2) is 11.2 Å². The lowest BCUT2D eigenvalue weighted by atomic mass is 10.0. The van der Waals surface area contributed by atoms with E-state index in [0.29, 0.717) is 11.0 Å². The molecule has 0 radical (unpaired) electrons. The van der Waals surface area contributed by atoms with Crippen molar-refractivity contribution in [1.82, 2.24) is 15.2 Å². The average molecular weight is 363 g/mol. The van der Waals surface area contributed by atoms with Gasteiger partial charge in [0, 0.05) is 44.1 Å². The van der Waals surface area contributed by atoms with E-state index in [2.05, 4.69) is 21.3 Å². The number of hydrogen-bond donors (Lipinski definition) is 1. The number of benzene rings is 1. The van der Waals surface area contributed by atoms with Crippen molar-refractivity contribution in [3.05, 3.63) is 76.4 Å². The molecule has 4 rings (SSSR count). The predicted octanol–water partition coefficient (Wildman–Crippen LogP) is 2.58. The fourth-order valence-electron chi connectivity index (χ4n) is 3.46. The van der Waals surface area contributed by atoms with Crippen LogP contribution in [0.25, 0.3) is 11.0 Å². The van der Waals surface area contributed by atoms with Crippen molar-refractivity contribution in [1.29, 1.82) is 0 Å². The van der Waals surface area contributed by atoms with Gasteiger partial charge in [-0.25, -0.2) is 0 Å². The van der Waals surface area contributed by atoms with Gasteiger partial charge < -0.3 is 9.73 Å². The first-order valence-electron chi connectivity index (χ1n) is 9.14. The number of carbonyl (C=O) groups excluding carboxylic acids is 1. The molecule has 1 aliphatic heterocycles. The Labute approximate surface area is 156 Å². The Morgan fingerprint density at radius 2 is 2.00 bits per heavy atom. The van der Waals surface area contributed by atoms with E-state index in [1.54, 1.807) is 30.5 Å². The zero-order valence-electron chi connectivity index (χ0n) is 14.9. The van der Waals surface area contributed by atoms with Crippen LogP contribution in [0.2, 0.25) is 0 Å². The van der Waals surface area contributed by atoms with Crippen molar-refractivity contribution in [2.75, 3.05) is 13.1 Å². The number of rotatable bonds is 4. The van der Waals surface area contributed by atoms with Gasteiger partial charge in [-0.15, -0.1) is 0 Å². The lowest BCUT2D eigenvalue weighted by Gasteiger charge is -2.32. The Morgan fingerprint density at radius 1 is 1.19 bits per heavy atom. The van der Waals surface area contributed by atoms with E-state index in [1.807, 2.05) is 12.3 Å². The number of nitrogens with one attached hydrogen (secondary N) is 1. The molecule has 1 amide bonds. The molecular weight excluding hydrogens is 342 g/mol. The first-order chi connectivity index (χ1) is 13.2. The third-order valence-corrected chi connectivity index (χ3v) is 4.91. The standard InChI is InChI=1S/C21H21N3O3/c25-18-12-20(27-19-6-2-1-5-17(18)19)21(26)23-16-7-10-24(11-8-16)14-15-4-3-9-22-13-15/h1-6,9,12-13,16H,7-8,10-11,14H2,(H,23,26). The Morgan fingerprint density at radius 3 is 2.78 bits per heavy atom. The summed E-state index contributed by atoms with van der Waals surface area (Å²) in [5.41, 5.74) is 1.42. The molecule has 1 aliphatic rings. The molecule has 138 valence electrons. The maximum atomic E-state index is 12.5. The molecule has 3 heterocycles. The molecule has 1 N–H and O–H groups in total. The van der Waals surface area contributed by atoms with E-state index < -0.39 is 0 Å². The number of para-hydroxylation sites is 1. The van der Waals surface area contributed by atoms with Crippen LogP contribution in [0.3, 0.4) is 0 Å². The minimum absolute atomic E-state index is 0.0662. The van der Waals surface area contributed by atoms with Gasteiger partial charge >= 0.3 is 0 Å². The van der Waals surface area contributed by atoms with E-state index in [4.69, 9.17) is 4.42 Å². The number of hydrogen-bond acceptors (Lipinski definition) is 5. The molecule has 0 aliphatic carbocycles. The maximum Gasteiger partial charge on any atom is 0.287 e. The molecule has 0 spiro atoms. The summed E-state index contributed by atoms with van der Waals surface area (Å²) in [6, 6.07) is 12.3. The minimum Gasteiger partial charge on any atom is -0.451 e. The molecule has 0 unspecified atom stereocenters. The highest BCUT2D eigenvalue weighted by Gasteiger charge is 2.22. The van der Waals surface area contributed by atoms with E-state index in [0.717, 1.165) is 32.5 Å². The van der Waals surface area contributed by atoms with Crippen LogP contribution in [0.15, 0.2) is 64.1 Å². The van der Waals surface area contributed by atoms with E-state index >= 15 is 0 Å². The smallest absolute Gasteiger partial charge is 0.287 e. The zero-order chi connectivity index (χ0) is 18.6. The predicted molar refractivity (Wildman–Crippen MR) is 102 cm³/mol. The highest BCUT2D eigenvalue weighted by Crippen LogP contribution is 2.15. The Balaban J connectivity index is 1.36. The molecule has 0 bridgehead atoms. The number of fused-ring (bicyclic) bond motifs is 1. The summed E-state index contributed by atoms with van der Waals surface area (Å²) in [5, 5.41) is 3.48. The molecule has 27 heavy (non-hydrogen) atoms. The fraction of sp³-hybridized carbons (Fsp3) is 0.286. The monoisotopic (exact) mass is 363 g/mol. The molecule has 0 atom stereocenters. The van der Waals surface area contributed by atoms with E-state index in [9.17, 15) is 9.59 Å². The second-order valence-corrected chi connectivity index (χ2v) is 6.86. The molecule has 2 aromatic heterocycles. The van der Waals surface area contributed by atoms with Crippen LogP contribution in [0.1, 0.15) is 29.0 Å². The number of aromatic nitrogens is 1. The Bertz CT molecular complexity index is 992. The largest absolute Gasteiger partial charge is 0.451 e. The second-order valence-electron chi connectivity index (χ2n) is 6.86. The number of amides is 1. The number of nitrogens with zero attached hydrogens (tertiary/aromatic N) is 2. The van der Waals surface area contributed by atoms with Crippen LogP contribution >= 0.6 is 0 Å². The van der Waals surface area contributed by atoms with Crippen LogP contribution in [0, 0.1) is 0 Å². The third kappa shape index (κ3) is 4.06. The second kappa shape index (κ2) is 7.72. The lowest BCUT2D eigenvalue weighted by Crippen LogP contribution is -2.44. The summed E-state index contributed by atoms with van der Waals surface area (Å²) in [4.78, 5) is 31.2. The normalized spacial score (nSPS) is 15.7. The van der Waals surface area contributed by atoms with Crippen LogP contribution in [-0.4, -0.2) is 34.9 Å². The zero-order valence-corrected chi connectivity index (χ0v) is 14.9. The van der Waals surface area contributed by atoms with E-state index in [-0.39, 0.29) is 23.1 Å². The van der Waals surface area contributed by atoms with Crippen LogP contribution in [0.5, 0.6) is 0 Å². The molecule has 0 saturated carbocycles. The average Bonchev–Trinajstić information content (AvgIpc) is 2.70. The summed E-state index contributed by atoms with van der Waals surface area (Å²) >= 11 is 0. The lowest BCUT2D eigenvalue weighted by molar-refractivity contribution is 0.0881. The molecule has 6 nitrogen and oxygen atoms in total. The quantitative estimate of drug-likeness (QED) is 0.771. The van der Waals surface area contributed by atoms with Crippen molar-refractivity contribution in [2.45, 2.75) is 25.4 Å². The highest BCUT2D eigenvalue weighted by atomic mass is 16.3. The molecular formula is C21H21N3O3. The van der Waals surface area contributed by atoms with Gasteiger partial charge in [0.1, 0.15) is 5.58 Å². The maximum absolute atomic E-state index is 12.5. The first-order valence-corrected chi connectivity index (χ1v) is 9.14. The fourth-order valence-corrected chi connectivity index (χ4v) is 3.46. The van der Waals surface area contributed by atoms with Gasteiger partial charge in [-0.1, -0.05) is 18.2 Å². The third-order valence-electron chi connectivity index (χ3n) is 4.91. The van der Waals surface area contributed by atoms with Crippen LogP contribution in [0.4, 0.5) is 0 Å². The van der Waals surface area contributed by atoms with Crippen molar-refractivity contribution in [2.24, 2.45) is 0 Å². The number of piperidine rings is 1. The highest BCUT2D eigenvalue weighted by molar-refractivity contribution is 5.93. The van der Waals surface area contributed by atoms with Gasteiger partial charge in [-0.2, -0.15) is 0 Å². The van der Waals surface area contributed by atoms with Crippen molar-refractivity contribution in [3.63, 3.8) is 0 Å². The molecule has 1 saturated heterocycles. The summed E-state index contributed by atoms with van der Waals surface area (Å²) in [6.45, 7) is 2.68. The van der Waals surface area contributed by atoms with Crippen molar-refractivity contribution < 1.29 is 9.21 Å². The molecule has 1 fully saturated rings. The van der Waals surface area contributed by atoms with Crippen LogP contribution < -0.4 is 10.7 Å². The number of pyridine rings is 1. The van der Waals surface area contributed by atoms with Crippen molar-refractivity contribution in [3.8, 4) is 0 Å². The van der Waals surface area contributed by atoms with Gasteiger partial charge in [0.05, 0.1) is 5.39 Å². The SMILES string of the molecule is O=C(NC1CCN(Cc2cccnc2)CC1)c1cc(=O)c2ccccc2o1. The molecule has 3 aromatic rings. The summed E-state index contributed by atoms with van der Waals surface area (Å²) < 4.78 is 5.62. The van der Waals surface area contributed by atoms with E-state index in [1.165, 1.54) is 11.6 Å². The Hall–Kier alpha value is -2.99. The molecule has 6 heteroatoms. The van der Waals surface area contributed by atoms with Gasteiger partial charge in [0.2, 0.25) is 0 Å². The van der Waals surface area contributed by atoms with Gasteiger partial charge in [-0.05, 0) is 36.6 Å². The number of likely N-dealkylation sites (tertiary alicyclic amines) is 1. The molecule has 1 aromatic carbocycles. The summed E-state index contributed by atoms with van der Waals surface area (Å²) in [5.74, 6) is -0.264. The summed E-state index contributed by atoms with van der Waals surface area (Å²) in [7, 11) is 0. The topological polar surface area (TPSA) is 75.4 Å². The van der Waals surface area contributed by atoms with Crippen molar-refractivity contribution >= 4 is 16.9 Å². The number of carbonyl (C=O) groups is 1. The van der Waals surface area contributed by atoms with Gasteiger partial charge in [0.25, 0.3) is 5.91 Å². The first kappa shape index (κ1) is 17.4. The van der Waals surface area contributed by atoms with Gasteiger partial charge in [-0.3, -0.25) is 19.5 Å². The minimum atomic E-state index is -0.330.